The number of nitrogens with one attached hydrogen (secondary N) is 2. The highest BCUT2D eigenvalue weighted by atomic mass is 127. The second kappa shape index (κ2) is 13.0. The van der Waals surface area contributed by atoms with Gasteiger partial charge in [0.1, 0.15) is 0 Å². The average molecular weight is 476 g/mol. The van der Waals surface area contributed by atoms with Crippen LogP contribution in [0, 0.1) is 0 Å². The number of hydrogen-bond acceptors (Lipinski definition) is 4. The van der Waals surface area contributed by atoms with Gasteiger partial charge in [-0.1, -0.05) is 0 Å². The van der Waals surface area contributed by atoms with E-state index in [2.05, 4.69) is 20.5 Å². The highest BCUT2D eigenvalue weighted by Gasteiger charge is 2.10. The molecule has 1 aromatic rings. The average Bonchev–Trinajstić information content (AvgIpc) is 3.15. The number of rotatable bonds is 9. The highest BCUT2D eigenvalue weighted by Crippen LogP contribution is 2.30. The molecule has 1 fully saturated rings. The molecule has 1 aliphatic rings. The van der Waals surface area contributed by atoms with Crippen molar-refractivity contribution < 1.29 is 9.47 Å². The Bertz CT molecular complexity index is 548. The maximum absolute atomic E-state index is 5.55. The molecule has 0 amide bonds. The Kier molecular flexibility index (Phi) is 11.4. The second-order valence-electron chi connectivity index (χ2n) is 6.18. The third-order valence-electron chi connectivity index (χ3n) is 4.34. The first-order valence-corrected chi connectivity index (χ1v) is 9.27. The van der Waals surface area contributed by atoms with Gasteiger partial charge in [0.15, 0.2) is 17.5 Å². The molecule has 1 heterocycles. The van der Waals surface area contributed by atoms with Crippen LogP contribution in [0.3, 0.4) is 0 Å². The second-order valence-corrected chi connectivity index (χ2v) is 6.18. The Morgan fingerprint density at radius 1 is 1.19 bits per heavy atom. The first-order valence-electron chi connectivity index (χ1n) is 9.27. The van der Waals surface area contributed by atoms with Gasteiger partial charge in [0.05, 0.1) is 13.7 Å². The summed E-state index contributed by atoms with van der Waals surface area (Å²) in [6.45, 7) is 7.25. The van der Waals surface area contributed by atoms with Crippen LogP contribution in [-0.2, 0) is 0 Å². The molecule has 2 N–H and O–H groups in total. The van der Waals surface area contributed by atoms with Crippen LogP contribution in [0.15, 0.2) is 23.2 Å². The summed E-state index contributed by atoms with van der Waals surface area (Å²) in [5, 5.41) is 6.67. The maximum Gasteiger partial charge on any atom is 0.195 e. The minimum atomic E-state index is 0. The lowest BCUT2D eigenvalue weighted by molar-refractivity contribution is 0.311. The number of halogens is 1. The summed E-state index contributed by atoms with van der Waals surface area (Å²) in [5.41, 5.74) is 0.922. The molecule has 0 atom stereocenters. The number of unbranched alkanes of at least 4 members (excludes halogenated alkanes) is 1. The number of anilines is 1. The lowest BCUT2D eigenvalue weighted by Gasteiger charge is -2.16. The van der Waals surface area contributed by atoms with Crippen LogP contribution in [-0.4, -0.2) is 57.8 Å². The van der Waals surface area contributed by atoms with Gasteiger partial charge in [-0.15, -0.1) is 24.0 Å². The Balaban J connectivity index is 0.00000338. The van der Waals surface area contributed by atoms with Crippen molar-refractivity contribution in [2.24, 2.45) is 4.99 Å². The minimum absolute atomic E-state index is 0. The molecule has 0 saturated carbocycles. The molecule has 148 valence electrons. The number of methoxy groups -OCH3 is 1. The van der Waals surface area contributed by atoms with Gasteiger partial charge < -0.3 is 25.0 Å². The SMILES string of the molecule is CCOc1ccc(NC(=NC)NCCCCN2CCCC2)cc1OC.I. The first-order chi connectivity index (χ1) is 12.3. The summed E-state index contributed by atoms with van der Waals surface area (Å²) >= 11 is 0. The van der Waals surface area contributed by atoms with Crippen molar-refractivity contribution in [1.29, 1.82) is 0 Å². The summed E-state index contributed by atoms with van der Waals surface area (Å²) in [6, 6.07) is 5.80. The summed E-state index contributed by atoms with van der Waals surface area (Å²) in [6.07, 6.45) is 5.09. The highest BCUT2D eigenvalue weighted by molar-refractivity contribution is 14.0. The van der Waals surface area contributed by atoms with Crippen LogP contribution in [0.1, 0.15) is 32.6 Å². The number of likely N-dealkylation sites (tertiary alicyclic amines) is 1. The van der Waals surface area contributed by atoms with Gasteiger partial charge in [0.2, 0.25) is 0 Å². The standard InChI is InChI=1S/C19H32N4O2.HI/c1-4-25-17-10-9-16(15-18(17)24-3)22-19(20-2)21-11-5-6-12-23-13-7-8-14-23;/h9-10,15H,4-8,11-14H2,1-3H3,(H2,20,21,22);1H. The fraction of sp³-hybridized carbons (Fsp3) is 0.632. The van der Waals surface area contributed by atoms with E-state index >= 15 is 0 Å². The molecule has 7 heteroatoms. The molecule has 6 nitrogen and oxygen atoms in total. The van der Waals surface area contributed by atoms with E-state index in [1.54, 1.807) is 14.2 Å². The van der Waals surface area contributed by atoms with Crippen molar-refractivity contribution in [2.75, 3.05) is 52.3 Å². The number of hydrogen-bond donors (Lipinski definition) is 2. The van der Waals surface area contributed by atoms with E-state index in [9.17, 15) is 0 Å². The normalized spacial score (nSPS) is 14.7. The summed E-state index contributed by atoms with van der Waals surface area (Å²) in [7, 11) is 3.43. The molecule has 0 aliphatic carbocycles. The van der Waals surface area contributed by atoms with E-state index in [-0.39, 0.29) is 24.0 Å². The number of guanidine groups is 1. The monoisotopic (exact) mass is 476 g/mol. The van der Waals surface area contributed by atoms with E-state index in [0.717, 1.165) is 30.4 Å². The van der Waals surface area contributed by atoms with Crippen LogP contribution in [0.4, 0.5) is 5.69 Å². The molecule has 0 aromatic heterocycles. The molecule has 0 bridgehead atoms. The lowest BCUT2D eigenvalue weighted by atomic mass is 10.2. The smallest absolute Gasteiger partial charge is 0.195 e. The predicted molar refractivity (Wildman–Crippen MR) is 119 cm³/mol. The van der Waals surface area contributed by atoms with Crippen LogP contribution < -0.4 is 20.1 Å². The Morgan fingerprint density at radius 2 is 1.96 bits per heavy atom. The first kappa shape index (κ1) is 22.8. The van der Waals surface area contributed by atoms with Crippen LogP contribution in [0.25, 0.3) is 0 Å². The summed E-state index contributed by atoms with van der Waals surface area (Å²) in [4.78, 5) is 6.84. The largest absolute Gasteiger partial charge is 0.493 e. The van der Waals surface area contributed by atoms with E-state index in [0.29, 0.717) is 12.4 Å². The van der Waals surface area contributed by atoms with Crippen LogP contribution in [0.5, 0.6) is 11.5 Å². The van der Waals surface area contributed by atoms with Crippen molar-refractivity contribution in [3.05, 3.63) is 18.2 Å². The molecule has 1 aliphatic heterocycles. The van der Waals surface area contributed by atoms with Gasteiger partial charge >= 0.3 is 0 Å². The quantitative estimate of drug-likeness (QED) is 0.247. The van der Waals surface area contributed by atoms with Gasteiger partial charge in [-0.2, -0.15) is 0 Å². The van der Waals surface area contributed by atoms with E-state index < -0.39 is 0 Å². The number of ether oxygens (including phenoxy) is 2. The van der Waals surface area contributed by atoms with Gasteiger partial charge in [-0.05, 0) is 64.4 Å². The van der Waals surface area contributed by atoms with Crippen LogP contribution >= 0.6 is 24.0 Å². The zero-order valence-corrected chi connectivity index (χ0v) is 18.5. The van der Waals surface area contributed by atoms with E-state index in [1.165, 1.54) is 38.9 Å². The molecule has 0 spiro atoms. The third-order valence-corrected chi connectivity index (χ3v) is 4.34. The number of nitrogens with zero attached hydrogens (tertiary/aromatic N) is 2. The van der Waals surface area contributed by atoms with Crippen molar-refractivity contribution in [2.45, 2.75) is 32.6 Å². The Labute approximate surface area is 174 Å². The lowest BCUT2D eigenvalue weighted by Crippen LogP contribution is -2.32. The summed E-state index contributed by atoms with van der Waals surface area (Å²) < 4.78 is 10.9. The van der Waals surface area contributed by atoms with E-state index in [1.807, 2.05) is 25.1 Å². The minimum Gasteiger partial charge on any atom is -0.493 e. The maximum atomic E-state index is 5.55. The molecule has 2 rings (SSSR count). The Morgan fingerprint density at radius 3 is 2.62 bits per heavy atom. The van der Waals surface area contributed by atoms with Crippen molar-refractivity contribution >= 4 is 35.6 Å². The summed E-state index contributed by atoms with van der Waals surface area (Å²) in [5.74, 6) is 2.24. The predicted octanol–water partition coefficient (Wildman–Crippen LogP) is 3.58. The fourth-order valence-electron chi connectivity index (χ4n) is 3.01. The molecular formula is C19H33IN4O2. The Hall–Kier alpha value is -1.22. The van der Waals surface area contributed by atoms with Gasteiger partial charge in [0, 0.05) is 25.3 Å². The van der Waals surface area contributed by atoms with Crippen LogP contribution in [0.2, 0.25) is 0 Å². The van der Waals surface area contributed by atoms with Crippen molar-refractivity contribution in [3.63, 3.8) is 0 Å². The van der Waals surface area contributed by atoms with E-state index in [4.69, 9.17) is 9.47 Å². The molecule has 26 heavy (non-hydrogen) atoms. The molecule has 0 radical (unpaired) electrons. The zero-order valence-electron chi connectivity index (χ0n) is 16.2. The number of aliphatic imine (C=N–C) groups is 1. The zero-order chi connectivity index (χ0) is 17.9. The fourth-order valence-corrected chi connectivity index (χ4v) is 3.01. The van der Waals surface area contributed by atoms with Gasteiger partial charge in [-0.25, -0.2) is 0 Å². The topological polar surface area (TPSA) is 58.1 Å². The molecule has 1 aromatic carbocycles. The number of benzene rings is 1. The molecular weight excluding hydrogens is 443 g/mol. The van der Waals surface area contributed by atoms with Gasteiger partial charge in [0.25, 0.3) is 0 Å². The molecule has 1 saturated heterocycles. The molecule has 0 unspecified atom stereocenters. The third kappa shape index (κ3) is 7.57. The van der Waals surface area contributed by atoms with Crippen molar-refractivity contribution in [1.82, 2.24) is 10.2 Å². The van der Waals surface area contributed by atoms with Gasteiger partial charge in [-0.3, -0.25) is 4.99 Å². The van der Waals surface area contributed by atoms with Crippen molar-refractivity contribution in [3.8, 4) is 11.5 Å².